The number of carbonyl (C=O) groups excluding carboxylic acids is 1. The van der Waals surface area contributed by atoms with Gasteiger partial charge in [0.05, 0.1) is 6.61 Å². The van der Waals surface area contributed by atoms with Gasteiger partial charge in [0.2, 0.25) is 0 Å². The molecule has 0 radical (unpaired) electrons. The highest BCUT2D eigenvalue weighted by molar-refractivity contribution is 6.11. The Labute approximate surface area is 164 Å². The monoisotopic (exact) mass is 372 g/mol. The normalized spacial score (nSPS) is 11.1. The van der Waals surface area contributed by atoms with E-state index in [2.05, 4.69) is 53.2 Å². The third-order valence-electron chi connectivity index (χ3n) is 5.08. The number of rotatable bonds is 5. The van der Waals surface area contributed by atoms with Crippen molar-refractivity contribution in [1.29, 1.82) is 0 Å². The lowest BCUT2D eigenvalue weighted by atomic mass is 10.1. The molecule has 4 rings (SSSR count). The summed E-state index contributed by atoms with van der Waals surface area (Å²) in [6.07, 6.45) is 0. The number of anilines is 1. The summed E-state index contributed by atoms with van der Waals surface area (Å²) < 4.78 is 7.86. The highest BCUT2D eigenvalue weighted by atomic mass is 16.5. The molecule has 0 fully saturated rings. The van der Waals surface area contributed by atoms with Crippen LogP contribution >= 0.6 is 0 Å². The summed E-state index contributed by atoms with van der Waals surface area (Å²) in [6.45, 7) is 7.56. The zero-order valence-electron chi connectivity index (χ0n) is 16.5. The van der Waals surface area contributed by atoms with Gasteiger partial charge in [-0.3, -0.25) is 4.79 Å². The van der Waals surface area contributed by atoms with Crippen molar-refractivity contribution in [3.8, 4) is 5.75 Å². The number of amides is 1. The Morgan fingerprint density at radius 3 is 2.50 bits per heavy atom. The Balaban J connectivity index is 1.67. The number of benzene rings is 3. The highest BCUT2D eigenvalue weighted by Gasteiger charge is 2.12. The van der Waals surface area contributed by atoms with Crippen LogP contribution in [0.2, 0.25) is 0 Å². The number of nitrogens with one attached hydrogen (secondary N) is 1. The van der Waals surface area contributed by atoms with Gasteiger partial charge in [0.25, 0.3) is 5.91 Å². The number of nitrogens with zero attached hydrogens (tertiary/aromatic N) is 1. The second-order valence-electron chi connectivity index (χ2n) is 6.86. The lowest BCUT2D eigenvalue weighted by Crippen LogP contribution is -2.12. The van der Waals surface area contributed by atoms with Gasteiger partial charge in [0, 0.05) is 39.6 Å². The lowest BCUT2D eigenvalue weighted by Gasteiger charge is -2.10. The first-order valence-electron chi connectivity index (χ1n) is 9.68. The third-order valence-corrected chi connectivity index (χ3v) is 5.08. The van der Waals surface area contributed by atoms with Gasteiger partial charge in [0.1, 0.15) is 5.75 Å². The Bertz CT molecular complexity index is 1170. The number of aryl methyl sites for hydroxylation is 2. The van der Waals surface area contributed by atoms with Crippen molar-refractivity contribution < 1.29 is 9.53 Å². The Kier molecular flexibility index (Phi) is 4.78. The van der Waals surface area contributed by atoms with Gasteiger partial charge < -0.3 is 14.6 Å². The molecule has 28 heavy (non-hydrogen) atoms. The molecule has 0 unspecified atom stereocenters. The Morgan fingerprint density at radius 1 is 0.964 bits per heavy atom. The molecule has 0 bridgehead atoms. The average molecular weight is 372 g/mol. The van der Waals surface area contributed by atoms with Gasteiger partial charge in [0.15, 0.2) is 0 Å². The van der Waals surface area contributed by atoms with Crippen LogP contribution in [0.5, 0.6) is 5.75 Å². The maximum atomic E-state index is 12.7. The van der Waals surface area contributed by atoms with E-state index in [1.165, 1.54) is 16.4 Å². The highest BCUT2D eigenvalue weighted by Crippen LogP contribution is 2.31. The van der Waals surface area contributed by atoms with Crippen LogP contribution in [0, 0.1) is 6.92 Å². The molecule has 1 aromatic heterocycles. The van der Waals surface area contributed by atoms with Crippen LogP contribution in [0.15, 0.2) is 60.7 Å². The van der Waals surface area contributed by atoms with E-state index in [1.54, 1.807) is 6.07 Å². The second kappa shape index (κ2) is 7.39. The van der Waals surface area contributed by atoms with Crippen LogP contribution in [-0.2, 0) is 6.54 Å². The topological polar surface area (TPSA) is 43.3 Å². The summed E-state index contributed by atoms with van der Waals surface area (Å²) in [5.41, 5.74) is 4.76. The van der Waals surface area contributed by atoms with Crippen LogP contribution in [0.1, 0.15) is 29.8 Å². The molecule has 3 aromatic carbocycles. The summed E-state index contributed by atoms with van der Waals surface area (Å²) >= 11 is 0. The van der Waals surface area contributed by atoms with Crippen molar-refractivity contribution in [3.05, 3.63) is 71.8 Å². The molecule has 1 heterocycles. The number of aromatic nitrogens is 1. The molecule has 0 saturated carbocycles. The molecule has 0 aliphatic heterocycles. The van der Waals surface area contributed by atoms with Crippen LogP contribution < -0.4 is 10.1 Å². The standard InChI is InChI=1S/C24H24N2O2/c1-4-26-21-9-7-6-8-19(21)20-15-18(11-12-22(20)26)25-24(27)17-10-13-23(28-5-2)16(3)14-17/h6-15H,4-5H2,1-3H3,(H,25,27). The summed E-state index contributed by atoms with van der Waals surface area (Å²) in [6, 6.07) is 20.0. The minimum Gasteiger partial charge on any atom is -0.494 e. The van der Waals surface area contributed by atoms with Gasteiger partial charge in [-0.05, 0) is 68.8 Å². The minimum atomic E-state index is -0.121. The molecule has 4 aromatic rings. The number of para-hydroxylation sites is 1. The fourth-order valence-corrected chi connectivity index (χ4v) is 3.78. The third kappa shape index (κ3) is 3.11. The second-order valence-corrected chi connectivity index (χ2v) is 6.86. The Hall–Kier alpha value is -3.27. The van der Waals surface area contributed by atoms with Crippen molar-refractivity contribution in [1.82, 2.24) is 4.57 Å². The van der Waals surface area contributed by atoms with Crippen LogP contribution in [0.4, 0.5) is 5.69 Å². The first kappa shape index (κ1) is 18.1. The van der Waals surface area contributed by atoms with Crippen LogP contribution in [0.3, 0.4) is 0 Å². The zero-order valence-corrected chi connectivity index (χ0v) is 16.5. The number of ether oxygens (including phenoxy) is 1. The average Bonchev–Trinajstić information content (AvgIpc) is 3.02. The molecule has 0 aliphatic rings. The van der Waals surface area contributed by atoms with Gasteiger partial charge in [-0.1, -0.05) is 18.2 Å². The number of fused-ring (bicyclic) bond motifs is 3. The largest absolute Gasteiger partial charge is 0.494 e. The molecule has 0 saturated heterocycles. The SMILES string of the molecule is CCOc1ccc(C(=O)Nc2ccc3c(c2)c2ccccc2n3CC)cc1C. The van der Waals surface area contributed by atoms with Gasteiger partial charge in [-0.25, -0.2) is 0 Å². The van der Waals surface area contributed by atoms with E-state index < -0.39 is 0 Å². The molecule has 4 heteroatoms. The minimum absolute atomic E-state index is 0.121. The molecular formula is C24H24N2O2. The predicted molar refractivity (Wildman–Crippen MR) is 115 cm³/mol. The van der Waals surface area contributed by atoms with Gasteiger partial charge in [-0.2, -0.15) is 0 Å². The van der Waals surface area contributed by atoms with Crippen LogP contribution in [-0.4, -0.2) is 17.1 Å². The van der Waals surface area contributed by atoms with E-state index in [-0.39, 0.29) is 5.91 Å². The molecule has 142 valence electrons. The summed E-state index contributed by atoms with van der Waals surface area (Å²) in [5, 5.41) is 5.38. The first-order chi connectivity index (χ1) is 13.6. The molecule has 1 amide bonds. The molecule has 1 N–H and O–H groups in total. The quantitative estimate of drug-likeness (QED) is 0.483. The smallest absolute Gasteiger partial charge is 0.255 e. The van der Waals surface area contributed by atoms with E-state index in [4.69, 9.17) is 4.74 Å². The van der Waals surface area contributed by atoms with E-state index >= 15 is 0 Å². The Morgan fingerprint density at radius 2 is 1.75 bits per heavy atom. The maximum absolute atomic E-state index is 12.7. The predicted octanol–water partition coefficient (Wildman–Crippen LogP) is 5.77. The molecule has 4 nitrogen and oxygen atoms in total. The van der Waals surface area contributed by atoms with Crippen molar-refractivity contribution in [2.24, 2.45) is 0 Å². The summed E-state index contributed by atoms with van der Waals surface area (Å²) in [4.78, 5) is 12.7. The van der Waals surface area contributed by atoms with Crippen molar-refractivity contribution in [3.63, 3.8) is 0 Å². The lowest BCUT2D eigenvalue weighted by molar-refractivity contribution is 0.102. The van der Waals surface area contributed by atoms with Crippen LogP contribution in [0.25, 0.3) is 21.8 Å². The zero-order chi connectivity index (χ0) is 19.7. The first-order valence-corrected chi connectivity index (χ1v) is 9.68. The molecule has 0 aliphatic carbocycles. The fraction of sp³-hybridized carbons (Fsp3) is 0.208. The van der Waals surface area contributed by atoms with Crippen molar-refractivity contribution in [2.75, 3.05) is 11.9 Å². The molecule has 0 spiro atoms. The van der Waals surface area contributed by atoms with E-state index in [0.717, 1.165) is 28.9 Å². The van der Waals surface area contributed by atoms with Crippen molar-refractivity contribution in [2.45, 2.75) is 27.3 Å². The summed E-state index contributed by atoms with van der Waals surface area (Å²) in [5.74, 6) is 0.692. The number of carbonyl (C=O) groups is 1. The fourth-order valence-electron chi connectivity index (χ4n) is 3.78. The van der Waals surface area contributed by atoms with E-state index in [0.29, 0.717) is 12.2 Å². The molecular weight excluding hydrogens is 348 g/mol. The van der Waals surface area contributed by atoms with Crippen molar-refractivity contribution >= 4 is 33.4 Å². The van der Waals surface area contributed by atoms with Gasteiger partial charge >= 0.3 is 0 Å². The molecule has 0 atom stereocenters. The van der Waals surface area contributed by atoms with E-state index in [9.17, 15) is 4.79 Å². The number of hydrogen-bond acceptors (Lipinski definition) is 2. The number of hydrogen-bond donors (Lipinski definition) is 1. The maximum Gasteiger partial charge on any atom is 0.255 e. The van der Waals surface area contributed by atoms with Gasteiger partial charge in [-0.15, -0.1) is 0 Å². The summed E-state index contributed by atoms with van der Waals surface area (Å²) in [7, 11) is 0. The van der Waals surface area contributed by atoms with E-state index in [1.807, 2.05) is 32.0 Å².